The molecule has 0 aliphatic carbocycles. The van der Waals surface area contributed by atoms with Crippen LogP contribution in [0.15, 0.2) is 46.7 Å². The zero-order valence-corrected chi connectivity index (χ0v) is 20.2. The zero-order valence-electron chi connectivity index (χ0n) is 19.4. The maximum Gasteiger partial charge on any atom is 0.338 e. The fraction of sp³-hybridized carbons (Fsp3) is 0.292. The standard InChI is InChI=1S/C24H27N5O3S/c1-6-32-23(31)19-7-9-21(10-8-19)29-17(4)12-20(18(29)5)13-25-28-22(30)14-33-24-26-15(2)11-16(3)27-24/h7-13H,6,14H2,1-5H3,(H,28,30)/b25-13+. The van der Waals surface area contributed by atoms with Crippen LogP contribution < -0.4 is 5.43 Å². The molecule has 2 aromatic heterocycles. The summed E-state index contributed by atoms with van der Waals surface area (Å²) in [5.74, 6) is -0.398. The van der Waals surface area contributed by atoms with E-state index in [0.29, 0.717) is 17.3 Å². The van der Waals surface area contributed by atoms with E-state index in [4.69, 9.17) is 4.74 Å². The van der Waals surface area contributed by atoms with Crippen molar-refractivity contribution in [2.24, 2.45) is 5.10 Å². The highest BCUT2D eigenvalue weighted by Gasteiger charge is 2.12. The molecule has 0 saturated heterocycles. The average Bonchev–Trinajstić information content (AvgIpc) is 3.05. The third-order valence-electron chi connectivity index (χ3n) is 4.79. The number of hydrazone groups is 1. The first-order chi connectivity index (χ1) is 15.8. The van der Waals surface area contributed by atoms with Crippen molar-refractivity contribution in [2.75, 3.05) is 12.4 Å². The van der Waals surface area contributed by atoms with Crippen LogP contribution in [0.4, 0.5) is 0 Å². The predicted octanol–water partition coefficient (Wildman–Crippen LogP) is 3.92. The van der Waals surface area contributed by atoms with Gasteiger partial charge < -0.3 is 9.30 Å². The third-order valence-corrected chi connectivity index (χ3v) is 5.64. The van der Waals surface area contributed by atoms with Crippen molar-refractivity contribution in [1.82, 2.24) is 20.0 Å². The number of aromatic nitrogens is 3. The molecular weight excluding hydrogens is 438 g/mol. The van der Waals surface area contributed by atoms with E-state index in [-0.39, 0.29) is 17.6 Å². The number of nitrogens with zero attached hydrogens (tertiary/aromatic N) is 4. The van der Waals surface area contributed by atoms with E-state index >= 15 is 0 Å². The second-order valence-electron chi connectivity index (χ2n) is 7.44. The summed E-state index contributed by atoms with van der Waals surface area (Å²) in [4.78, 5) is 32.6. The molecule has 3 aromatic rings. The molecule has 2 heterocycles. The Morgan fingerprint density at radius 1 is 1.09 bits per heavy atom. The van der Waals surface area contributed by atoms with Gasteiger partial charge in [0.1, 0.15) is 0 Å². The smallest absolute Gasteiger partial charge is 0.338 e. The van der Waals surface area contributed by atoms with Gasteiger partial charge in [-0.15, -0.1) is 0 Å². The molecule has 0 fully saturated rings. The lowest BCUT2D eigenvalue weighted by molar-refractivity contribution is -0.118. The largest absolute Gasteiger partial charge is 0.462 e. The highest BCUT2D eigenvalue weighted by atomic mass is 32.2. The normalized spacial score (nSPS) is 11.1. The first-order valence-corrected chi connectivity index (χ1v) is 11.5. The number of benzene rings is 1. The molecule has 1 aromatic carbocycles. The minimum absolute atomic E-state index is 0.173. The lowest BCUT2D eigenvalue weighted by Crippen LogP contribution is -2.19. The molecular formula is C24H27N5O3S. The van der Waals surface area contributed by atoms with Crippen molar-refractivity contribution in [2.45, 2.75) is 39.8 Å². The Balaban J connectivity index is 1.63. The lowest BCUT2D eigenvalue weighted by Gasteiger charge is -2.10. The van der Waals surface area contributed by atoms with Crippen molar-refractivity contribution in [3.63, 3.8) is 0 Å². The highest BCUT2D eigenvalue weighted by Crippen LogP contribution is 2.20. The van der Waals surface area contributed by atoms with E-state index < -0.39 is 0 Å². The van der Waals surface area contributed by atoms with Crippen LogP contribution in [0.3, 0.4) is 0 Å². The highest BCUT2D eigenvalue weighted by molar-refractivity contribution is 7.99. The molecule has 0 spiro atoms. The van der Waals surface area contributed by atoms with Gasteiger partial charge in [0, 0.05) is 34.0 Å². The molecule has 8 nitrogen and oxygen atoms in total. The Morgan fingerprint density at radius 3 is 2.39 bits per heavy atom. The van der Waals surface area contributed by atoms with Gasteiger partial charge in [0.15, 0.2) is 5.16 Å². The van der Waals surface area contributed by atoms with Gasteiger partial charge in [0.05, 0.1) is 24.1 Å². The van der Waals surface area contributed by atoms with Crippen molar-refractivity contribution < 1.29 is 14.3 Å². The number of hydrogen-bond donors (Lipinski definition) is 1. The van der Waals surface area contributed by atoms with Crippen LogP contribution in [0.2, 0.25) is 0 Å². The maximum absolute atomic E-state index is 12.1. The molecule has 0 atom stereocenters. The number of esters is 1. The molecule has 33 heavy (non-hydrogen) atoms. The minimum Gasteiger partial charge on any atom is -0.462 e. The van der Waals surface area contributed by atoms with Crippen LogP contribution in [0.1, 0.15) is 45.6 Å². The number of ether oxygens (including phenoxy) is 1. The second-order valence-corrected chi connectivity index (χ2v) is 8.39. The SMILES string of the molecule is CCOC(=O)c1ccc(-n2c(C)cc(/C=N/NC(=O)CSc3nc(C)cc(C)n3)c2C)cc1. The lowest BCUT2D eigenvalue weighted by atomic mass is 10.2. The van der Waals surface area contributed by atoms with Gasteiger partial charge in [-0.2, -0.15) is 5.10 Å². The summed E-state index contributed by atoms with van der Waals surface area (Å²) in [7, 11) is 0. The van der Waals surface area contributed by atoms with Gasteiger partial charge in [0.25, 0.3) is 5.91 Å². The van der Waals surface area contributed by atoms with E-state index in [2.05, 4.69) is 25.1 Å². The fourth-order valence-electron chi connectivity index (χ4n) is 3.37. The topological polar surface area (TPSA) is 98.5 Å². The van der Waals surface area contributed by atoms with E-state index in [9.17, 15) is 9.59 Å². The minimum atomic E-state index is -0.337. The van der Waals surface area contributed by atoms with Crippen molar-refractivity contribution >= 4 is 29.9 Å². The van der Waals surface area contributed by atoms with E-state index in [0.717, 1.165) is 34.0 Å². The van der Waals surface area contributed by atoms with Gasteiger partial charge >= 0.3 is 5.97 Å². The first-order valence-electron chi connectivity index (χ1n) is 10.5. The Labute approximate surface area is 197 Å². The summed E-state index contributed by atoms with van der Waals surface area (Å²) >= 11 is 1.27. The zero-order chi connectivity index (χ0) is 24.0. The van der Waals surface area contributed by atoms with Gasteiger partial charge in [0.2, 0.25) is 0 Å². The summed E-state index contributed by atoms with van der Waals surface area (Å²) in [5.41, 5.74) is 8.58. The molecule has 0 saturated carbocycles. The maximum atomic E-state index is 12.1. The van der Waals surface area contributed by atoms with Crippen molar-refractivity contribution in [3.05, 3.63) is 70.3 Å². The third kappa shape index (κ3) is 6.29. The molecule has 0 bridgehead atoms. The molecule has 0 radical (unpaired) electrons. The number of carbonyl (C=O) groups excluding carboxylic acids is 2. The van der Waals surface area contributed by atoms with Crippen LogP contribution in [-0.2, 0) is 9.53 Å². The summed E-state index contributed by atoms with van der Waals surface area (Å²) in [6.45, 7) is 9.88. The van der Waals surface area contributed by atoms with Crippen LogP contribution in [0, 0.1) is 27.7 Å². The number of thioether (sulfide) groups is 1. The van der Waals surface area contributed by atoms with E-state index in [1.54, 1.807) is 25.3 Å². The quantitative estimate of drug-likeness (QED) is 0.178. The van der Waals surface area contributed by atoms with E-state index in [1.165, 1.54) is 11.8 Å². The molecule has 3 rings (SSSR count). The number of nitrogens with one attached hydrogen (secondary N) is 1. The Hall–Kier alpha value is -3.46. The molecule has 0 aliphatic heterocycles. The molecule has 1 amide bonds. The molecule has 9 heteroatoms. The van der Waals surface area contributed by atoms with Crippen LogP contribution >= 0.6 is 11.8 Å². The average molecular weight is 466 g/mol. The number of amides is 1. The number of aryl methyl sites for hydroxylation is 3. The van der Waals surface area contributed by atoms with Crippen LogP contribution in [0.5, 0.6) is 0 Å². The van der Waals surface area contributed by atoms with Crippen molar-refractivity contribution in [1.29, 1.82) is 0 Å². The van der Waals surface area contributed by atoms with E-state index in [1.807, 2.05) is 52.0 Å². The van der Waals surface area contributed by atoms with Gasteiger partial charge in [-0.25, -0.2) is 20.2 Å². The summed E-state index contributed by atoms with van der Waals surface area (Å²) in [6.07, 6.45) is 1.63. The second kappa shape index (κ2) is 10.9. The Bertz CT molecular complexity index is 1170. The summed E-state index contributed by atoms with van der Waals surface area (Å²) < 4.78 is 7.10. The van der Waals surface area contributed by atoms with Gasteiger partial charge in [-0.1, -0.05) is 11.8 Å². The fourth-order valence-corrected chi connectivity index (χ4v) is 4.11. The summed E-state index contributed by atoms with van der Waals surface area (Å²) in [6, 6.07) is 11.1. The predicted molar refractivity (Wildman–Crippen MR) is 129 cm³/mol. The van der Waals surface area contributed by atoms with Crippen LogP contribution in [-0.4, -0.2) is 45.0 Å². The van der Waals surface area contributed by atoms with Gasteiger partial charge in [-0.05, 0) is 71.0 Å². The molecule has 0 aliphatic rings. The number of rotatable bonds is 8. The summed E-state index contributed by atoms with van der Waals surface area (Å²) in [5, 5.41) is 4.68. The van der Waals surface area contributed by atoms with Gasteiger partial charge in [-0.3, -0.25) is 4.79 Å². The Kier molecular flexibility index (Phi) is 8.00. The van der Waals surface area contributed by atoms with Crippen molar-refractivity contribution in [3.8, 4) is 5.69 Å². The molecule has 0 unspecified atom stereocenters. The number of carbonyl (C=O) groups is 2. The molecule has 1 N–H and O–H groups in total. The first kappa shape index (κ1) is 24.2. The monoisotopic (exact) mass is 465 g/mol. The van der Waals surface area contributed by atoms with Crippen LogP contribution in [0.25, 0.3) is 5.69 Å². The molecule has 172 valence electrons. The number of hydrogen-bond acceptors (Lipinski definition) is 7. The Morgan fingerprint density at radius 2 is 1.76 bits per heavy atom.